The van der Waals surface area contributed by atoms with Gasteiger partial charge in [-0.3, -0.25) is 4.98 Å². The van der Waals surface area contributed by atoms with Crippen LogP contribution in [0.15, 0.2) is 78.1 Å². The summed E-state index contributed by atoms with van der Waals surface area (Å²) in [6.45, 7) is 3.72. The largest absolute Gasteiger partial charge is 0.494 e. The first-order valence-electron chi connectivity index (χ1n) is 11.9. The van der Waals surface area contributed by atoms with E-state index in [2.05, 4.69) is 30.5 Å². The zero-order chi connectivity index (χ0) is 25.4. The molecule has 37 heavy (non-hydrogen) atoms. The van der Waals surface area contributed by atoms with E-state index in [-0.39, 0.29) is 16.5 Å². The first-order chi connectivity index (χ1) is 18.0. The molecule has 0 radical (unpaired) electrons. The first kappa shape index (κ1) is 23.2. The maximum Gasteiger partial charge on any atom is 0.271 e. The molecule has 1 fully saturated rings. The molecule has 11 heteroatoms. The zero-order valence-electron chi connectivity index (χ0n) is 20.1. The van der Waals surface area contributed by atoms with Gasteiger partial charge in [-0.2, -0.15) is 4.98 Å². The molecule has 0 amide bonds. The van der Waals surface area contributed by atoms with Crippen molar-refractivity contribution in [1.29, 1.82) is 0 Å². The molecule has 0 saturated carbocycles. The van der Waals surface area contributed by atoms with Gasteiger partial charge in [-0.1, -0.05) is 18.2 Å². The molecule has 5 aromatic rings. The Kier molecular flexibility index (Phi) is 5.85. The van der Waals surface area contributed by atoms with Crippen LogP contribution in [0.5, 0.6) is 5.75 Å². The zero-order valence-corrected chi connectivity index (χ0v) is 20.9. The first-order valence-corrected chi connectivity index (χ1v) is 13.3. The van der Waals surface area contributed by atoms with Gasteiger partial charge in [0, 0.05) is 67.3 Å². The lowest BCUT2D eigenvalue weighted by atomic mass is 10.2. The maximum absolute atomic E-state index is 13.7. The second kappa shape index (κ2) is 9.34. The van der Waals surface area contributed by atoms with Gasteiger partial charge >= 0.3 is 0 Å². The summed E-state index contributed by atoms with van der Waals surface area (Å²) in [5.74, 6) is 0.900. The minimum absolute atomic E-state index is 0.112. The van der Waals surface area contributed by atoms with Gasteiger partial charge in [0.25, 0.3) is 10.0 Å². The summed E-state index contributed by atoms with van der Waals surface area (Å²) >= 11 is 0. The van der Waals surface area contributed by atoms with E-state index in [1.807, 2.05) is 30.3 Å². The SMILES string of the molecule is COc1cc(N2CCNCC2)ccc1Nc1ncc2ccn(S(=O)(=O)c3cccc4cccnc34)c2n1. The molecule has 4 heterocycles. The fraction of sp³-hybridized carbons (Fsp3) is 0.192. The number of hydrogen-bond donors (Lipinski definition) is 2. The molecule has 1 saturated heterocycles. The molecule has 0 aliphatic carbocycles. The van der Waals surface area contributed by atoms with Crippen LogP contribution in [0.4, 0.5) is 17.3 Å². The van der Waals surface area contributed by atoms with Crippen LogP contribution in [-0.4, -0.2) is 60.6 Å². The number of rotatable bonds is 6. The normalized spacial score (nSPS) is 14.2. The molecule has 0 atom stereocenters. The van der Waals surface area contributed by atoms with Crippen LogP contribution in [-0.2, 0) is 10.0 Å². The van der Waals surface area contributed by atoms with Crippen molar-refractivity contribution in [1.82, 2.24) is 24.2 Å². The van der Waals surface area contributed by atoms with E-state index in [0.717, 1.165) is 37.3 Å². The van der Waals surface area contributed by atoms with Crippen molar-refractivity contribution in [2.45, 2.75) is 4.90 Å². The summed E-state index contributed by atoms with van der Waals surface area (Å²) < 4.78 is 34.2. The van der Waals surface area contributed by atoms with Crippen LogP contribution in [0.2, 0.25) is 0 Å². The highest BCUT2D eigenvalue weighted by Gasteiger charge is 2.23. The number of benzene rings is 2. The van der Waals surface area contributed by atoms with Crippen molar-refractivity contribution >= 4 is 49.3 Å². The number of pyridine rings is 1. The predicted octanol–water partition coefficient (Wildman–Crippen LogP) is 3.38. The van der Waals surface area contributed by atoms with Crippen LogP contribution < -0.4 is 20.3 Å². The number of ether oxygens (including phenoxy) is 1. The second-order valence-electron chi connectivity index (χ2n) is 8.67. The van der Waals surface area contributed by atoms with Crippen molar-refractivity contribution in [3.63, 3.8) is 0 Å². The molecule has 188 valence electrons. The maximum atomic E-state index is 13.7. The van der Waals surface area contributed by atoms with Crippen LogP contribution in [0, 0.1) is 0 Å². The lowest BCUT2D eigenvalue weighted by molar-refractivity contribution is 0.416. The number of aromatic nitrogens is 4. The summed E-state index contributed by atoms with van der Waals surface area (Å²) in [5.41, 5.74) is 2.43. The molecule has 0 spiro atoms. The van der Waals surface area contributed by atoms with Gasteiger partial charge in [0.2, 0.25) is 5.95 Å². The third-order valence-electron chi connectivity index (χ3n) is 6.44. The number of para-hydroxylation sites is 1. The Morgan fingerprint density at radius 2 is 1.84 bits per heavy atom. The molecule has 3 aromatic heterocycles. The minimum atomic E-state index is -3.97. The molecule has 2 aromatic carbocycles. The van der Waals surface area contributed by atoms with E-state index < -0.39 is 10.0 Å². The van der Waals surface area contributed by atoms with Gasteiger partial charge in [-0.05, 0) is 30.3 Å². The lowest BCUT2D eigenvalue weighted by Gasteiger charge is -2.30. The molecule has 0 unspecified atom stereocenters. The Balaban J connectivity index is 1.36. The summed E-state index contributed by atoms with van der Waals surface area (Å²) in [6, 6.07) is 16.3. The van der Waals surface area contributed by atoms with Gasteiger partial charge in [0.05, 0.1) is 18.3 Å². The number of fused-ring (bicyclic) bond motifs is 2. The van der Waals surface area contributed by atoms with Gasteiger partial charge in [0.1, 0.15) is 10.6 Å². The Bertz CT molecular complexity index is 1710. The second-order valence-corrected chi connectivity index (χ2v) is 10.5. The van der Waals surface area contributed by atoms with Crippen molar-refractivity contribution in [3.8, 4) is 5.75 Å². The van der Waals surface area contributed by atoms with Crippen molar-refractivity contribution < 1.29 is 13.2 Å². The van der Waals surface area contributed by atoms with Gasteiger partial charge in [-0.15, -0.1) is 0 Å². The summed E-state index contributed by atoms with van der Waals surface area (Å²) in [5, 5.41) is 7.88. The van der Waals surface area contributed by atoms with Gasteiger partial charge in [0.15, 0.2) is 5.65 Å². The molecule has 6 rings (SSSR count). The molecule has 2 N–H and O–H groups in total. The van der Waals surface area contributed by atoms with Gasteiger partial charge in [-0.25, -0.2) is 17.4 Å². The van der Waals surface area contributed by atoms with Crippen molar-refractivity contribution in [3.05, 3.63) is 73.2 Å². The number of hydrogen-bond acceptors (Lipinski definition) is 9. The Morgan fingerprint density at radius 3 is 2.68 bits per heavy atom. The topological polar surface area (TPSA) is 114 Å². The molecular formula is C26H25N7O3S. The Labute approximate surface area is 214 Å². The van der Waals surface area contributed by atoms with Gasteiger partial charge < -0.3 is 20.3 Å². The van der Waals surface area contributed by atoms with Crippen LogP contribution in [0.1, 0.15) is 0 Å². The number of anilines is 3. The molecular weight excluding hydrogens is 490 g/mol. The van der Waals surface area contributed by atoms with E-state index in [1.165, 1.54) is 10.2 Å². The van der Waals surface area contributed by atoms with Crippen LogP contribution in [0.25, 0.3) is 21.9 Å². The average Bonchev–Trinajstić information content (AvgIpc) is 3.37. The monoisotopic (exact) mass is 515 g/mol. The fourth-order valence-corrected chi connectivity index (χ4v) is 6.04. The summed E-state index contributed by atoms with van der Waals surface area (Å²) in [6.07, 6.45) is 4.67. The van der Waals surface area contributed by atoms with Crippen LogP contribution >= 0.6 is 0 Å². The molecule has 0 bridgehead atoms. The highest BCUT2D eigenvalue weighted by atomic mass is 32.2. The number of nitrogens with zero attached hydrogens (tertiary/aromatic N) is 5. The third-order valence-corrected chi connectivity index (χ3v) is 8.14. The molecule has 1 aliphatic heterocycles. The van der Waals surface area contributed by atoms with Crippen molar-refractivity contribution in [2.24, 2.45) is 0 Å². The van der Waals surface area contributed by atoms with E-state index in [1.54, 1.807) is 43.8 Å². The number of nitrogens with one attached hydrogen (secondary N) is 2. The number of piperazine rings is 1. The smallest absolute Gasteiger partial charge is 0.271 e. The standard InChI is InChI=1S/C26H25N7O3S/c1-36-22-16-20(32-14-11-27-12-15-32)7-8-21(22)30-26-29-17-19-9-13-33(25(19)31-26)37(34,35)23-6-2-4-18-5-3-10-28-24(18)23/h2-10,13,16-17,27H,11-12,14-15H2,1H3,(H,29,30,31). The van der Waals surface area contributed by atoms with E-state index in [9.17, 15) is 8.42 Å². The third kappa shape index (κ3) is 4.21. The molecule has 1 aliphatic rings. The predicted molar refractivity (Wildman–Crippen MR) is 143 cm³/mol. The quantitative estimate of drug-likeness (QED) is 0.351. The lowest BCUT2D eigenvalue weighted by Crippen LogP contribution is -2.43. The minimum Gasteiger partial charge on any atom is -0.494 e. The fourth-order valence-electron chi connectivity index (χ4n) is 4.56. The van der Waals surface area contributed by atoms with Crippen LogP contribution in [0.3, 0.4) is 0 Å². The molecule has 10 nitrogen and oxygen atoms in total. The Hall–Kier alpha value is -4.22. The van der Waals surface area contributed by atoms with E-state index in [4.69, 9.17) is 4.74 Å². The summed E-state index contributed by atoms with van der Waals surface area (Å²) in [4.78, 5) is 15.7. The van der Waals surface area contributed by atoms with E-state index in [0.29, 0.717) is 22.3 Å². The highest BCUT2D eigenvalue weighted by molar-refractivity contribution is 7.90. The number of methoxy groups -OCH3 is 1. The average molecular weight is 516 g/mol. The highest BCUT2D eigenvalue weighted by Crippen LogP contribution is 2.32. The van der Waals surface area contributed by atoms with Crippen molar-refractivity contribution in [2.75, 3.05) is 43.5 Å². The Morgan fingerprint density at radius 1 is 1.00 bits per heavy atom. The summed E-state index contributed by atoms with van der Waals surface area (Å²) in [7, 11) is -2.36. The van der Waals surface area contributed by atoms with E-state index >= 15 is 0 Å².